The first kappa shape index (κ1) is 12.0. The van der Waals surface area contributed by atoms with Crippen LogP contribution in [0.1, 0.15) is 16.7 Å². The van der Waals surface area contributed by atoms with Gasteiger partial charge in [-0.05, 0) is 48.7 Å². The molecule has 0 aromatic heterocycles. The molecule has 0 atom stereocenters. The van der Waals surface area contributed by atoms with Crippen LogP contribution in [0.25, 0.3) is 6.08 Å². The molecular weight excluding hydrogens is 234 g/mol. The maximum atomic E-state index is 11.7. The van der Waals surface area contributed by atoms with Crippen LogP contribution >= 0.6 is 11.8 Å². The van der Waals surface area contributed by atoms with E-state index in [0.29, 0.717) is 11.6 Å². The quantitative estimate of drug-likeness (QED) is 0.777. The molecule has 1 heterocycles. The fourth-order valence-corrected chi connectivity index (χ4v) is 2.75. The second kappa shape index (κ2) is 4.45. The van der Waals surface area contributed by atoms with E-state index in [4.69, 9.17) is 0 Å². The summed E-state index contributed by atoms with van der Waals surface area (Å²) in [5.74, 6) is 1.11. The molecular formula is C13H15NO2S. The number of carbonyl (C=O) groups excluding carboxylic acids is 1. The van der Waals surface area contributed by atoms with Gasteiger partial charge in [0.1, 0.15) is 5.75 Å². The number of benzene rings is 1. The minimum atomic E-state index is 0.0679. The predicted molar refractivity (Wildman–Crippen MR) is 70.8 cm³/mol. The number of hydrogen-bond donors (Lipinski definition) is 1. The second-order valence-electron chi connectivity index (χ2n) is 4.29. The number of nitrogens with zero attached hydrogens (tertiary/aromatic N) is 1. The topological polar surface area (TPSA) is 40.5 Å². The highest BCUT2D eigenvalue weighted by atomic mass is 32.2. The molecule has 4 heteroatoms. The molecule has 1 amide bonds. The van der Waals surface area contributed by atoms with Gasteiger partial charge in [0, 0.05) is 7.05 Å². The lowest BCUT2D eigenvalue weighted by Crippen LogP contribution is -2.18. The van der Waals surface area contributed by atoms with E-state index in [-0.39, 0.29) is 5.91 Å². The molecule has 1 saturated heterocycles. The Morgan fingerprint density at radius 2 is 1.94 bits per heavy atom. The fraction of sp³-hybridized carbons (Fsp3) is 0.308. The molecule has 17 heavy (non-hydrogen) atoms. The molecule has 1 aliphatic heterocycles. The van der Waals surface area contributed by atoms with Crippen molar-refractivity contribution in [3.63, 3.8) is 0 Å². The van der Waals surface area contributed by atoms with Crippen LogP contribution in [0.4, 0.5) is 0 Å². The number of amides is 1. The predicted octanol–water partition coefficient (Wildman–Crippen LogP) is 2.51. The standard InChI is InChI=1S/C13H15NO2S/c1-8-4-10(5-9(2)12(8)15)6-11-13(16)14(3)7-17-11/h4-6,15H,7H2,1-3H3/b11-6-. The lowest BCUT2D eigenvalue weighted by atomic mass is 10.1. The summed E-state index contributed by atoms with van der Waals surface area (Å²) in [5.41, 5.74) is 2.63. The van der Waals surface area contributed by atoms with E-state index in [1.807, 2.05) is 32.1 Å². The Morgan fingerprint density at radius 1 is 1.35 bits per heavy atom. The average molecular weight is 249 g/mol. The van der Waals surface area contributed by atoms with Crippen LogP contribution in [0.15, 0.2) is 17.0 Å². The number of hydrogen-bond acceptors (Lipinski definition) is 3. The molecule has 0 unspecified atom stereocenters. The first-order chi connectivity index (χ1) is 7.99. The number of rotatable bonds is 1. The molecule has 1 fully saturated rings. The molecule has 0 radical (unpaired) electrons. The molecule has 0 aliphatic carbocycles. The molecule has 1 N–H and O–H groups in total. The van der Waals surface area contributed by atoms with Crippen molar-refractivity contribution in [1.82, 2.24) is 4.90 Å². The van der Waals surface area contributed by atoms with Crippen LogP contribution in [0.2, 0.25) is 0 Å². The largest absolute Gasteiger partial charge is 0.507 e. The third-order valence-electron chi connectivity index (χ3n) is 2.78. The number of aryl methyl sites for hydroxylation is 2. The van der Waals surface area contributed by atoms with Crippen LogP contribution < -0.4 is 0 Å². The normalized spacial score (nSPS) is 18.2. The van der Waals surface area contributed by atoms with Crippen molar-refractivity contribution < 1.29 is 9.90 Å². The van der Waals surface area contributed by atoms with E-state index < -0.39 is 0 Å². The zero-order valence-electron chi connectivity index (χ0n) is 10.2. The minimum absolute atomic E-state index is 0.0679. The number of carbonyl (C=O) groups is 1. The Kier molecular flexibility index (Phi) is 3.15. The lowest BCUT2D eigenvalue weighted by Gasteiger charge is -2.06. The first-order valence-electron chi connectivity index (χ1n) is 5.39. The van der Waals surface area contributed by atoms with Crippen molar-refractivity contribution in [2.24, 2.45) is 0 Å². The molecule has 2 rings (SSSR count). The molecule has 0 bridgehead atoms. The number of aromatic hydroxyl groups is 1. The average Bonchev–Trinajstić information content (AvgIpc) is 2.58. The van der Waals surface area contributed by atoms with Crippen LogP contribution in [-0.2, 0) is 4.79 Å². The van der Waals surface area contributed by atoms with Gasteiger partial charge in [-0.15, -0.1) is 0 Å². The zero-order valence-corrected chi connectivity index (χ0v) is 11.0. The van der Waals surface area contributed by atoms with Gasteiger partial charge in [0.2, 0.25) is 0 Å². The molecule has 1 aromatic carbocycles. The van der Waals surface area contributed by atoms with E-state index >= 15 is 0 Å². The van der Waals surface area contributed by atoms with Crippen molar-refractivity contribution in [2.75, 3.05) is 12.9 Å². The van der Waals surface area contributed by atoms with Crippen LogP contribution in [0, 0.1) is 13.8 Å². The number of thioether (sulfide) groups is 1. The van der Waals surface area contributed by atoms with Gasteiger partial charge in [0.25, 0.3) is 5.91 Å². The maximum Gasteiger partial charge on any atom is 0.260 e. The Hall–Kier alpha value is -1.42. The number of phenols is 1. The fourth-order valence-electron chi connectivity index (χ4n) is 1.80. The summed E-state index contributed by atoms with van der Waals surface area (Å²) in [7, 11) is 1.80. The van der Waals surface area contributed by atoms with Gasteiger partial charge < -0.3 is 10.0 Å². The molecule has 0 spiro atoms. The van der Waals surface area contributed by atoms with Crippen molar-refractivity contribution >= 4 is 23.7 Å². The molecule has 0 saturated carbocycles. The van der Waals surface area contributed by atoms with Gasteiger partial charge in [-0.2, -0.15) is 0 Å². The summed E-state index contributed by atoms with van der Waals surface area (Å²) < 4.78 is 0. The van der Waals surface area contributed by atoms with E-state index in [1.165, 1.54) is 0 Å². The van der Waals surface area contributed by atoms with Gasteiger partial charge in [0.05, 0.1) is 10.8 Å². The number of phenolic OH excluding ortho intramolecular Hbond substituents is 1. The van der Waals surface area contributed by atoms with Gasteiger partial charge in [-0.1, -0.05) is 11.8 Å². The molecule has 1 aliphatic rings. The Bertz CT molecular complexity index is 485. The van der Waals surface area contributed by atoms with E-state index in [0.717, 1.165) is 21.6 Å². The van der Waals surface area contributed by atoms with Gasteiger partial charge >= 0.3 is 0 Å². The highest BCUT2D eigenvalue weighted by molar-refractivity contribution is 8.04. The van der Waals surface area contributed by atoms with Gasteiger partial charge in [0.15, 0.2) is 0 Å². The minimum Gasteiger partial charge on any atom is -0.507 e. The Balaban J connectivity index is 2.37. The highest BCUT2D eigenvalue weighted by Crippen LogP contribution is 2.30. The highest BCUT2D eigenvalue weighted by Gasteiger charge is 2.23. The number of likely N-dealkylation sites (N-methyl/N-ethyl adjacent to an activating group) is 1. The third-order valence-corrected chi connectivity index (χ3v) is 3.90. The van der Waals surface area contributed by atoms with Crippen molar-refractivity contribution in [3.8, 4) is 5.75 Å². The third kappa shape index (κ3) is 2.31. The monoisotopic (exact) mass is 249 g/mol. The maximum absolute atomic E-state index is 11.7. The second-order valence-corrected chi connectivity index (χ2v) is 5.28. The van der Waals surface area contributed by atoms with Gasteiger partial charge in [-0.25, -0.2) is 0 Å². The lowest BCUT2D eigenvalue weighted by molar-refractivity contribution is -0.123. The van der Waals surface area contributed by atoms with Gasteiger partial charge in [-0.3, -0.25) is 4.79 Å². The smallest absolute Gasteiger partial charge is 0.260 e. The summed E-state index contributed by atoms with van der Waals surface area (Å²) in [4.78, 5) is 14.2. The zero-order chi connectivity index (χ0) is 12.6. The molecule has 1 aromatic rings. The van der Waals surface area contributed by atoms with E-state index in [2.05, 4.69) is 0 Å². The summed E-state index contributed by atoms with van der Waals surface area (Å²) in [6.45, 7) is 3.72. The van der Waals surface area contributed by atoms with Crippen molar-refractivity contribution in [1.29, 1.82) is 0 Å². The molecule has 90 valence electrons. The van der Waals surface area contributed by atoms with Crippen LogP contribution in [0.3, 0.4) is 0 Å². The summed E-state index contributed by atoms with van der Waals surface area (Å²) in [6.07, 6.45) is 1.88. The van der Waals surface area contributed by atoms with Crippen LogP contribution in [-0.4, -0.2) is 28.8 Å². The SMILES string of the molecule is Cc1cc(/C=C2\SCN(C)C2=O)cc(C)c1O. The summed E-state index contributed by atoms with van der Waals surface area (Å²) in [6, 6.07) is 3.78. The Morgan fingerprint density at radius 3 is 2.41 bits per heavy atom. The first-order valence-corrected chi connectivity index (χ1v) is 6.38. The molecule has 3 nitrogen and oxygen atoms in total. The van der Waals surface area contributed by atoms with E-state index in [1.54, 1.807) is 23.7 Å². The van der Waals surface area contributed by atoms with Crippen molar-refractivity contribution in [2.45, 2.75) is 13.8 Å². The Labute approximate surface area is 105 Å². The van der Waals surface area contributed by atoms with E-state index in [9.17, 15) is 9.90 Å². The summed E-state index contributed by atoms with van der Waals surface area (Å²) >= 11 is 1.54. The van der Waals surface area contributed by atoms with Crippen LogP contribution in [0.5, 0.6) is 5.75 Å². The van der Waals surface area contributed by atoms with Crippen molar-refractivity contribution in [3.05, 3.63) is 33.7 Å². The summed E-state index contributed by atoms with van der Waals surface area (Å²) in [5, 5.41) is 9.68.